The van der Waals surface area contributed by atoms with Gasteiger partial charge in [0, 0.05) is 11.9 Å². The van der Waals surface area contributed by atoms with Crippen molar-refractivity contribution in [3.63, 3.8) is 0 Å². The van der Waals surface area contributed by atoms with Gasteiger partial charge < -0.3 is 4.98 Å². The monoisotopic (exact) mass is 424 g/mol. The van der Waals surface area contributed by atoms with Gasteiger partial charge in [-0.3, -0.25) is 14.7 Å². The van der Waals surface area contributed by atoms with Gasteiger partial charge in [0.05, 0.1) is 6.42 Å². The number of unbranched alkanes of at least 4 members (excludes halogenated alkanes) is 2. The zero-order valence-corrected chi connectivity index (χ0v) is 17.9. The molecule has 1 unspecified atom stereocenters. The van der Waals surface area contributed by atoms with Crippen molar-refractivity contribution in [1.29, 1.82) is 0 Å². The SMILES string of the molecule is CCCCC(CCCCc1ccccc1F)c1cc[nH]c1CC(=O)C(=O)c1nc[nH]n1. The Morgan fingerprint density at radius 1 is 1.10 bits per heavy atom. The van der Waals surface area contributed by atoms with Gasteiger partial charge in [0.15, 0.2) is 0 Å². The third-order valence-electron chi connectivity index (χ3n) is 5.63. The average molecular weight is 425 g/mol. The van der Waals surface area contributed by atoms with Crippen molar-refractivity contribution in [3.8, 4) is 0 Å². The number of H-pyrrole nitrogens is 2. The molecule has 3 aromatic rings. The minimum absolute atomic E-state index is 0.00750. The van der Waals surface area contributed by atoms with Crippen LogP contribution in [-0.2, 0) is 17.6 Å². The van der Waals surface area contributed by atoms with Crippen LogP contribution in [0.25, 0.3) is 0 Å². The predicted octanol–water partition coefficient (Wildman–Crippen LogP) is 4.95. The third kappa shape index (κ3) is 6.20. The summed E-state index contributed by atoms with van der Waals surface area (Å²) >= 11 is 0. The fraction of sp³-hybridized carbons (Fsp3) is 0.417. The lowest BCUT2D eigenvalue weighted by Crippen LogP contribution is -2.19. The number of hydrogen-bond acceptors (Lipinski definition) is 4. The molecule has 31 heavy (non-hydrogen) atoms. The van der Waals surface area contributed by atoms with Crippen LogP contribution in [-0.4, -0.2) is 31.7 Å². The summed E-state index contributed by atoms with van der Waals surface area (Å²) in [6.45, 7) is 2.16. The molecule has 1 aromatic carbocycles. The number of ketones is 2. The predicted molar refractivity (Wildman–Crippen MR) is 116 cm³/mol. The second-order valence-electron chi connectivity index (χ2n) is 7.84. The van der Waals surface area contributed by atoms with E-state index < -0.39 is 11.6 Å². The number of hydrogen-bond donors (Lipinski definition) is 2. The van der Waals surface area contributed by atoms with Crippen LogP contribution >= 0.6 is 0 Å². The van der Waals surface area contributed by atoms with Crippen LogP contribution in [0.1, 0.15) is 78.8 Å². The number of rotatable bonds is 13. The highest BCUT2D eigenvalue weighted by Gasteiger charge is 2.23. The van der Waals surface area contributed by atoms with E-state index in [1.165, 1.54) is 12.4 Å². The van der Waals surface area contributed by atoms with Gasteiger partial charge in [-0.25, -0.2) is 9.37 Å². The van der Waals surface area contributed by atoms with E-state index in [9.17, 15) is 14.0 Å². The van der Waals surface area contributed by atoms with E-state index in [0.717, 1.165) is 61.8 Å². The second-order valence-corrected chi connectivity index (χ2v) is 7.84. The summed E-state index contributed by atoms with van der Waals surface area (Å²) in [5.41, 5.74) is 2.63. The lowest BCUT2D eigenvalue weighted by Gasteiger charge is -2.18. The molecule has 0 aliphatic heterocycles. The van der Waals surface area contributed by atoms with E-state index in [2.05, 4.69) is 27.1 Å². The molecule has 0 amide bonds. The van der Waals surface area contributed by atoms with Gasteiger partial charge in [-0.15, -0.1) is 5.10 Å². The minimum atomic E-state index is -0.684. The van der Waals surface area contributed by atoms with Crippen molar-refractivity contribution in [2.24, 2.45) is 0 Å². The highest BCUT2D eigenvalue weighted by molar-refractivity contribution is 6.43. The normalized spacial score (nSPS) is 12.1. The van der Waals surface area contributed by atoms with Gasteiger partial charge in [0.25, 0.3) is 5.78 Å². The van der Waals surface area contributed by atoms with Crippen LogP contribution in [0.3, 0.4) is 0 Å². The Morgan fingerprint density at radius 2 is 1.90 bits per heavy atom. The zero-order valence-electron chi connectivity index (χ0n) is 17.9. The lowest BCUT2D eigenvalue weighted by atomic mass is 9.87. The molecule has 0 saturated heterocycles. The Bertz CT molecular complexity index is 981. The fourth-order valence-electron chi connectivity index (χ4n) is 3.95. The van der Waals surface area contributed by atoms with Crippen LogP contribution in [0.15, 0.2) is 42.9 Å². The van der Waals surface area contributed by atoms with Gasteiger partial charge in [-0.05, 0) is 54.9 Å². The zero-order chi connectivity index (χ0) is 22.1. The highest BCUT2D eigenvalue weighted by atomic mass is 19.1. The molecule has 2 N–H and O–H groups in total. The molecule has 0 aliphatic rings. The Kier molecular flexibility index (Phi) is 8.27. The molecule has 1 atom stereocenters. The number of carbonyl (C=O) groups excluding carboxylic acids is 2. The topological polar surface area (TPSA) is 91.5 Å². The molecule has 0 bridgehead atoms. The van der Waals surface area contributed by atoms with E-state index in [1.807, 2.05) is 24.4 Å². The molecular formula is C24H29FN4O2. The smallest absolute Gasteiger partial charge is 0.267 e. The number of nitrogens with one attached hydrogen (secondary N) is 2. The van der Waals surface area contributed by atoms with Gasteiger partial charge in [-0.2, -0.15) is 0 Å². The first-order valence-electron chi connectivity index (χ1n) is 10.9. The first-order valence-corrected chi connectivity index (χ1v) is 10.9. The quantitative estimate of drug-likeness (QED) is 0.231. The van der Waals surface area contributed by atoms with Crippen LogP contribution < -0.4 is 0 Å². The molecule has 3 rings (SSSR count). The van der Waals surface area contributed by atoms with E-state index in [1.54, 1.807) is 6.07 Å². The number of aromatic amines is 2. The number of Topliss-reactive ketones (excluding diaryl/α,β-unsaturated/α-hetero) is 2. The number of benzene rings is 1. The summed E-state index contributed by atoms with van der Waals surface area (Å²) < 4.78 is 13.8. The average Bonchev–Trinajstić information content (AvgIpc) is 3.46. The Morgan fingerprint density at radius 3 is 2.65 bits per heavy atom. The maximum atomic E-state index is 13.8. The number of carbonyl (C=O) groups is 2. The summed E-state index contributed by atoms with van der Waals surface area (Å²) in [6.07, 6.45) is 9.87. The number of nitrogens with zero attached hydrogens (tertiary/aromatic N) is 2. The van der Waals surface area contributed by atoms with Gasteiger partial charge >= 0.3 is 0 Å². The summed E-state index contributed by atoms with van der Waals surface area (Å²) in [5, 5.41) is 6.16. The van der Waals surface area contributed by atoms with Crippen LogP contribution in [0.4, 0.5) is 4.39 Å². The minimum Gasteiger partial charge on any atom is -0.364 e. The Balaban J connectivity index is 1.61. The molecule has 164 valence electrons. The Labute approximate surface area is 181 Å². The maximum absolute atomic E-state index is 13.8. The van der Waals surface area contributed by atoms with Gasteiger partial charge in [0.1, 0.15) is 12.1 Å². The Hall–Kier alpha value is -3.09. The lowest BCUT2D eigenvalue weighted by molar-refractivity contribution is -0.114. The van der Waals surface area contributed by atoms with E-state index in [-0.39, 0.29) is 18.1 Å². The van der Waals surface area contributed by atoms with Crippen molar-refractivity contribution in [1.82, 2.24) is 20.2 Å². The second kappa shape index (κ2) is 11.3. The summed E-state index contributed by atoms with van der Waals surface area (Å²) in [4.78, 5) is 31.6. The molecule has 0 aliphatic carbocycles. The molecule has 0 saturated carbocycles. The van der Waals surface area contributed by atoms with Crippen LogP contribution in [0.5, 0.6) is 0 Å². The van der Waals surface area contributed by atoms with E-state index >= 15 is 0 Å². The molecule has 6 nitrogen and oxygen atoms in total. The van der Waals surface area contributed by atoms with Gasteiger partial charge in [0.2, 0.25) is 11.6 Å². The van der Waals surface area contributed by atoms with Crippen molar-refractivity contribution in [2.75, 3.05) is 0 Å². The molecular weight excluding hydrogens is 395 g/mol. The number of halogens is 1. The van der Waals surface area contributed by atoms with E-state index in [0.29, 0.717) is 5.92 Å². The van der Waals surface area contributed by atoms with Crippen molar-refractivity contribution in [2.45, 2.75) is 64.2 Å². The van der Waals surface area contributed by atoms with Crippen molar-refractivity contribution in [3.05, 3.63) is 71.3 Å². The van der Waals surface area contributed by atoms with Gasteiger partial charge in [-0.1, -0.05) is 44.4 Å². The summed E-state index contributed by atoms with van der Waals surface area (Å²) in [5.74, 6) is -1.16. The highest BCUT2D eigenvalue weighted by Crippen LogP contribution is 2.31. The van der Waals surface area contributed by atoms with Crippen molar-refractivity contribution >= 4 is 11.6 Å². The molecule has 2 heterocycles. The largest absolute Gasteiger partial charge is 0.364 e. The first kappa shape index (κ1) is 22.6. The number of aryl methyl sites for hydroxylation is 1. The molecule has 7 heteroatoms. The molecule has 0 fully saturated rings. The summed E-state index contributed by atoms with van der Waals surface area (Å²) in [6, 6.07) is 8.93. The maximum Gasteiger partial charge on any atom is 0.267 e. The summed E-state index contributed by atoms with van der Waals surface area (Å²) in [7, 11) is 0. The standard InChI is InChI=1S/C24H29FN4O2/c1-2-3-8-17(9-4-5-10-18-11-6-7-12-20(18)25)19-13-14-26-21(19)15-22(30)23(31)24-27-16-28-29-24/h6-7,11-14,16-17,26H,2-5,8-10,15H2,1H3,(H,27,28,29). The van der Waals surface area contributed by atoms with Crippen molar-refractivity contribution < 1.29 is 14.0 Å². The molecule has 2 aromatic heterocycles. The van der Waals surface area contributed by atoms with Crippen LogP contribution in [0, 0.1) is 5.82 Å². The fourth-order valence-corrected chi connectivity index (χ4v) is 3.95. The number of aromatic nitrogens is 4. The third-order valence-corrected chi connectivity index (χ3v) is 5.63. The molecule has 0 spiro atoms. The first-order chi connectivity index (χ1) is 15.1. The van der Waals surface area contributed by atoms with Crippen LogP contribution in [0.2, 0.25) is 0 Å². The van der Waals surface area contributed by atoms with E-state index in [4.69, 9.17) is 0 Å². The molecule has 0 radical (unpaired) electrons.